The van der Waals surface area contributed by atoms with Crippen LogP contribution < -0.4 is 10.2 Å². The summed E-state index contributed by atoms with van der Waals surface area (Å²) >= 11 is 0. The molecule has 0 bridgehead atoms. The highest BCUT2D eigenvalue weighted by atomic mass is 16.5. The summed E-state index contributed by atoms with van der Waals surface area (Å²) < 4.78 is 5.32. The Bertz CT molecular complexity index is 444. The van der Waals surface area contributed by atoms with Crippen LogP contribution >= 0.6 is 0 Å². The third kappa shape index (κ3) is 3.64. The van der Waals surface area contributed by atoms with Gasteiger partial charge in [0.2, 0.25) is 0 Å². The second-order valence-corrected chi connectivity index (χ2v) is 4.51. The Morgan fingerprint density at radius 2 is 2.16 bits per heavy atom. The van der Waals surface area contributed by atoms with Crippen molar-refractivity contribution in [1.82, 2.24) is 15.3 Å². The molecule has 0 saturated carbocycles. The fourth-order valence-electron chi connectivity index (χ4n) is 1.95. The smallest absolute Gasteiger partial charge is 0.270 e. The first-order valence-electron chi connectivity index (χ1n) is 6.67. The summed E-state index contributed by atoms with van der Waals surface area (Å²) in [5.41, 5.74) is 0.433. The Morgan fingerprint density at radius 3 is 2.84 bits per heavy atom. The lowest BCUT2D eigenvalue weighted by molar-refractivity contribution is 0.0948. The number of morpholine rings is 1. The van der Waals surface area contributed by atoms with E-state index in [4.69, 9.17) is 4.74 Å². The molecule has 0 aromatic carbocycles. The molecule has 0 unspecified atom stereocenters. The van der Waals surface area contributed by atoms with Gasteiger partial charge in [0.05, 0.1) is 13.2 Å². The Morgan fingerprint density at radius 1 is 1.42 bits per heavy atom. The van der Waals surface area contributed by atoms with Crippen molar-refractivity contribution in [3.05, 3.63) is 17.6 Å². The third-order valence-electron chi connectivity index (χ3n) is 2.93. The van der Waals surface area contributed by atoms with E-state index in [-0.39, 0.29) is 5.91 Å². The minimum absolute atomic E-state index is 0.137. The van der Waals surface area contributed by atoms with Crippen LogP contribution in [0.4, 0.5) is 5.82 Å². The molecule has 1 aromatic rings. The SMILES string of the molecule is CCCNC(=O)c1cc(N2CCOCC2)nc(C)n1. The van der Waals surface area contributed by atoms with Crippen molar-refractivity contribution >= 4 is 11.7 Å². The number of nitrogens with one attached hydrogen (secondary N) is 1. The molecule has 1 aliphatic heterocycles. The van der Waals surface area contributed by atoms with Crippen LogP contribution in [0.5, 0.6) is 0 Å². The molecule has 2 heterocycles. The Labute approximate surface area is 113 Å². The zero-order valence-electron chi connectivity index (χ0n) is 11.5. The molecule has 104 valence electrons. The van der Waals surface area contributed by atoms with E-state index in [0.717, 1.165) is 25.3 Å². The number of ether oxygens (including phenoxy) is 1. The zero-order chi connectivity index (χ0) is 13.7. The lowest BCUT2D eigenvalue weighted by Crippen LogP contribution is -2.37. The van der Waals surface area contributed by atoms with E-state index in [9.17, 15) is 4.79 Å². The van der Waals surface area contributed by atoms with E-state index in [0.29, 0.717) is 31.3 Å². The first kappa shape index (κ1) is 13.7. The van der Waals surface area contributed by atoms with Gasteiger partial charge in [0.25, 0.3) is 5.91 Å². The molecular formula is C13H20N4O2. The maximum atomic E-state index is 11.9. The van der Waals surface area contributed by atoms with Gasteiger partial charge >= 0.3 is 0 Å². The van der Waals surface area contributed by atoms with Gasteiger partial charge in [-0.25, -0.2) is 9.97 Å². The van der Waals surface area contributed by atoms with Crippen LogP contribution in [-0.2, 0) is 4.74 Å². The summed E-state index contributed by atoms with van der Waals surface area (Å²) in [4.78, 5) is 22.7. The second-order valence-electron chi connectivity index (χ2n) is 4.51. The number of hydrogen-bond donors (Lipinski definition) is 1. The molecule has 1 aliphatic rings. The number of rotatable bonds is 4. The van der Waals surface area contributed by atoms with Gasteiger partial charge in [-0.3, -0.25) is 4.79 Å². The van der Waals surface area contributed by atoms with E-state index < -0.39 is 0 Å². The standard InChI is InChI=1S/C13H20N4O2/c1-3-4-14-13(18)11-9-12(16-10(2)15-11)17-5-7-19-8-6-17/h9H,3-8H2,1-2H3,(H,14,18). The molecule has 1 aromatic heterocycles. The number of aromatic nitrogens is 2. The molecule has 0 spiro atoms. The maximum absolute atomic E-state index is 11.9. The average molecular weight is 264 g/mol. The minimum atomic E-state index is -0.137. The molecule has 1 fully saturated rings. The van der Waals surface area contributed by atoms with E-state index in [1.807, 2.05) is 6.92 Å². The maximum Gasteiger partial charge on any atom is 0.270 e. The van der Waals surface area contributed by atoms with Crippen LogP contribution in [0.2, 0.25) is 0 Å². The normalized spacial score (nSPS) is 15.4. The molecule has 1 saturated heterocycles. The molecular weight excluding hydrogens is 244 g/mol. The monoisotopic (exact) mass is 264 g/mol. The van der Waals surface area contributed by atoms with Crippen LogP contribution in [-0.4, -0.2) is 48.7 Å². The van der Waals surface area contributed by atoms with Crippen molar-refractivity contribution in [1.29, 1.82) is 0 Å². The van der Waals surface area contributed by atoms with Gasteiger partial charge in [-0.2, -0.15) is 0 Å². The average Bonchev–Trinajstić information content (AvgIpc) is 2.45. The number of anilines is 1. The van der Waals surface area contributed by atoms with Crippen molar-refractivity contribution in [3.8, 4) is 0 Å². The van der Waals surface area contributed by atoms with Crippen molar-refractivity contribution < 1.29 is 9.53 Å². The number of nitrogens with zero attached hydrogens (tertiary/aromatic N) is 3. The van der Waals surface area contributed by atoms with Gasteiger partial charge in [0.15, 0.2) is 0 Å². The molecule has 6 heteroatoms. The number of aryl methyl sites for hydroxylation is 1. The van der Waals surface area contributed by atoms with Crippen LogP contribution in [0, 0.1) is 6.92 Å². The number of carbonyl (C=O) groups is 1. The number of carbonyl (C=O) groups excluding carboxylic acids is 1. The number of hydrogen-bond acceptors (Lipinski definition) is 5. The summed E-state index contributed by atoms with van der Waals surface area (Å²) in [7, 11) is 0. The third-order valence-corrected chi connectivity index (χ3v) is 2.93. The molecule has 0 atom stereocenters. The van der Waals surface area contributed by atoms with Gasteiger partial charge < -0.3 is 15.0 Å². The van der Waals surface area contributed by atoms with Crippen molar-refractivity contribution in [2.24, 2.45) is 0 Å². The summed E-state index contributed by atoms with van der Waals surface area (Å²) in [6.45, 7) is 7.47. The second kappa shape index (κ2) is 6.47. The van der Waals surface area contributed by atoms with Crippen molar-refractivity contribution in [3.63, 3.8) is 0 Å². The van der Waals surface area contributed by atoms with Crippen LogP contribution in [0.25, 0.3) is 0 Å². The molecule has 19 heavy (non-hydrogen) atoms. The van der Waals surface area contributed by atoms with Gasteiger partial charge in [-0.15, -0.1) is 0 Å². The van der Waals surface area contributed by atoms with Crippen LogP contribution in [0.3, 0.4) is 0 Å². The molecule has 1 N–H and O–H groups in total. The molecule has 1 amide bonds. The van der Waals surface area contributed by atoms with E-state index in [1.54, 1.807) is 13.0 Å². The Kier molecular flexibility index (Phi) is 4.68. The van der Waals surface area contributed by atoms with Crippen molar-refractivity contribution in [2.75, 3.05) is 37.7 Å². The van der Waals surface area contributed by atoms with E-state index in [1.165, 1.54) is 0 Å². The molecule has 0 aliphatic carbocycles. The van der Waals surface area contributed by atoms with E-state index >= 15 is 0 Å². The minimum Gasteiger partial charge on any atom is -0.378 e. The predicted octanol–water partition coefficient (Wildman–Crippen LogP) is 0.761. The Hall–Kier alpha value is -1.69. The first-order valence-corrected chi connectivity index (χ1v) is 6.67. The molecule has 2 rings (SSSR count). The topological polar surface area (TPSA) is 67.4 Å². The fourth-order valence-corrected chi connectivity index (χ4v) is 1.95. The van der Waals surface area contributed by atoms with E-state index in [2.05, 4.69) is 20.2 Å². The van der Waals surface area contributed by atoms with Gasteiger partial charge in [-0.1, -0.05) is 6.92 Å². The summed E-state index contributed by atoms with van der Waals surface area (Å²) in [5.74, 6) is 1.28. The summed E-state index contributed by atoms with van der Waals surface area (Å²) in [6, 6.07) is 1.75. The lowest BCUT2D eigenvalue weighted by atomic mass is 10.3. The fraction of sp³-hybridized carbons (Fsp3) is 0.615. The predicted molar refractivity (Wildman–Crippen MR) is 72.4 cm³/mol. The van der Waals surface area contributed by atoms with Crippen LogP contribution in [0.15, 0.2) is 6.07 Å². The van der Waals surface area contributed by atoms with Gasteiger partial charge in [-0.05, 0) is 13.3 Å². The first-order chi connectivity index (χ1) is 9.20. The lowest BCUT2D eigenvalue weighted by Gasteiger charge is -2.28. The zero-order valence-corrected chi connectivity index (χ0v) is 11.5. The highest BCUT2D eigenvalue weighted by Crippen LogP contribution is 2.14. The van der Waals surface area contributed by atoms with Crippen molar-refractivity contribution in [2.45, 2.75) is 20.3 Å². The Balaban J connectivity index is 2.16. The number of amides is 1. The molecule has 0 radical (unpaired) electrons. The van der Waals surface area contributed by atoms with Gasteiger partial charge in [0, 0.05) is 25.7 Å². The van der Waals surface area contributed by atoms with Crippen LogP contribution in [0.1, 0.15) is 29.7 Å². The highest BCUT2D eigenvalue weighted by molar-refractivity contribution is 5.92. The summed E-state index contributed by atoms with van der Waals surface area (Å²) in [5, 5.41) is 2.83. The quantitative estimate of drug-likeness (QED) is 0.869. The summed E-state index contributed by atoms with van der Waals surface area (Å²) in [6.07, 6.45) is 0.909. The molecule has 6 nitrogen and oxygen atoms in total. The van der Waals surface area contributed by atoms with Gasteiger partial charge in [0.1, 0.15) is 17.3 Å². The largest absolute Gasteiger partial charge is 0.378 e. The highest BCUT2D eigenvalue weighted by Gasteiger charge is 2.16.